The molecule has 1 aliphatic heterocycles. The van der Waals surface area contributed by atoms with Gasteiger partial charge in [-0.15, -0.1) is 0 Å². The Labute approximate surface area is 202 Å². The van der Waals surface area contributed by atoms with Gasteiger partial charge in [-0.1, -0.05) is 29.8 Å². The first-order valence-electron chi connectivity index (χ1n) is 11.8. The van der Waals surface area contributed by atoms with Gasteiger partial charge >= 0.3 is 6.03 Å². The molecule has 0 aromatic heterocycles. The minimum Gasteiger partial charge on any atom is -0.273 e. The molecule has 1 N–H and O–H groups in total. The number of halogens is 2. The molecule has 2 aromatic carbocycles. The van der Waals surface area contributed by atoms with Gasteiger partial charge in [-0.2, -0.15) is 0 Å². The smallest absolute Gasteiger partial charge is 0.273 e. The molecule has 5 fully saturated rings. The number of urea groups is 1. The number of hydrogen-bond acceptors (Lipinski definition) is 3. The molecule has 0 spiro atoms. The fraction of sp³-hybridized carbons (Fsp3) is 0.370. The number of imide groups is 2. The van der Waals surface area contributed by atoms with Crippen LogP contribution in [-0.4, -0.2) is 17.8 Å². The highest BCUT2D eigenvalue weighted by atomic mass is 35.5. The molecule has 2 aromatic rings. The van der Waals surface area contributed by atoms with Crippen LogP contribution in [0.4, 0.5) is 14.9 Å². The zero-order valence-corrected chi connectivity index (χ0v) is 19.3. The third-order valence-electron chi connectivity index (χ3n) is 8.17. The maximum Gasteiger partial charge on any atom is 0.335 e. The average molecular weight is 479 g/mol. The molecule has 4 saturated carbocycles. The highest BCUT2D eigenvalue weighted by molar-refractivity contribution is 6.39. The molecule has 0 unspecified atom stereocenters. The first kappa shape index (κ1) is 21.5. The van der Waals surface area contributed by atoms with Crippen LogP contribution in [0.3, 0.4) is 0 Å². The molecule has 0 atom stereocenters. The summed E-state index contributed by atoms with van der Waals surface area (Å²) >= 11 is 6.06. The molecule has 34 heavy (non-hydrogen) atoms. The fourth-order valence-electron chi connectivity index (χ4n) is 7.11. The second-order valence-corrected chi connectivity index (χ2v) is 10.7. The molecular formula is C27H24ClFN2O3. The van der Waals surface area contributed by atoms with Crippen molar-refractivity contribution in [2.75, 3.05) is 4.90 Å². The number of nitrogens with one attached hydrogen (secondary N) is 1. The first-order valence-corrected chi connectivity index (χ1v) is 12.2. The summed E-state index contributed by atoms with van der Waals surface area (Å²) in [5.41, 5.74) is 1.41. The summed E-state index contributed by atoms with van der Waals surface area (Å²) in [7, 11) is 0. The van der Waals surface area contributed by atoms with E-state index in [1.54, 1.807) is 12.1 Å². The molecule has 174 valence electrons. The van der Waals surface area contributed by atoms with E-state index in [2.05, 4.69) is 5.32 Å². The number of nitrogens with zero attached hydrogens (tertiary/aromatic N) is 1. The summed E-state index contributed by atoms with van der Waals surface area (Å²) in [4.78, 5) is 39.1. The Hall–Kier alpha value is -2.99. The number of anilines is 1. The average Bonchev–Trinajstić information content (AvgIpc) is 2.77. The van der Waals surface area contributed by atoms with Crippen LogP contribution in [-0.2, 0) is 15.0 Å². The van der Waals surface area contributed by atoms with E-state index < -0.39 is 23.7 Å². The number of hydrogen-bond donors (Lipinski definition) is 1. The van der Waals surface area contributed by atoms with E-state index in [1.807, 2.05) is 12.1 Å². The molecule has 1 heterocycles. The number of rotatable bonds is 3. The van der Waals surface area contributed by atoms with Crippen molar-refractivity contribution < 1.29 is 18.8 Å². The van der Waals surface area contributed by atoms with Gasteiger partial charge in [0.25, 0.3) is 11.8 Å². The number of amides is 4. The van der Waals surface area contributed by atoms with E-state index in [4.69, 9.17) is 11.6 Å². The van der Waals surface area contributed by atoms with E-state index >= 15 is 0 Å². The minimum absolute atomic E-state index is 0.0662. The molecule has 5 nitrogen and oxygen atoms in total. The largest absolute Gasteiger partial charge is 0.335 e. The summed E-state index contributed by atoms with van der Waals surface area (Å²) < 4.78 is 14.3. The molecule has 0 radical (unpaired) electrons. The molecule has 4 bridgehead atoms. The quantitative estimate of drug-likeness (QED) is 0.460. The van der Waals surface area contributed by atoms with Crippen molar-refractivity contribution in [2.24, 2.45) is 17.8 Å². The van der Waals surface area contributed by atoms with Crippen molar-refractivity contribution in [3.63, 3.8) is 0 Å². The van der Waals surface area contributed by atoms with E-state index in [1.165, 1.54) is 62.3 Å². The lowest BCUT2D eigenvalue weighted by molar-refractivity contribution is -0.122. The fourth-order valence-corrected chi connectivity index (χ4v) is 7.33. The van der Waals surface area contributed by atoms with E-state index in [0.717, 1.165) is 28.7 Å². The number of benzene rings is 2. The number of barbiturate groups is 1. The lowest BCUT2D eigenvalue weighted by Crippen LogP contribution is -2.54. The summed E-state index contributed by atoms with van der Waals surface area (Å²) in [6, 6.07) is 10.9. The SMILES string of the molecule is O=C1NC(=O)N(c2ccc(C34CC5CC(CC(C5)C3)C4)cc2)C(=O)/C1=C/c1c(F)cccc1Cl. The van der Waals surface area contributed by atoms with Crippen molar-refractivity contribution in [1.29, 1.82) is 0 Å². The first-order chi connectivity index (χ1) is 16.3. The Kier molecular flexibility index (Phi) is 4.92. The number of carbonyl (C=O) groups excluding carboxylic acids is 3. The Morgan fingerprint density at radius 1 is 0.941 bits per heavy atom. The second kappa shape index (κ2) is 7.77. The number of carbonyl (C=O) groups is 3. The molecule has 5 aliphatic rings. The summed E-state index contributed by atoms with van der Waals surface area (Å²) in [6.45, 7) is 0. The van der Waals surface area contributed by atoms with E-state index in [9.17, 15) is 18.8 Å². The third-order valence-corrected chi connectivity index (χ3v) is 8.50. The van der Waals surface area contributed by atoms with Crippen LogP contribution in [0.25, 0.3) is 6.08 Å². The van der Waals surface area contributed by atoms with Crippen molar-refractivity contribution in [2.45, 2.75) is 43.9 Å². The highest BCUT2D eigenvalue weighted by Gasteiger charge is 2.51. The lowest BCUT2D eigenvalue weighted by atomic mass is 9.48. The van der Waals surface area contributed by atoms with Crippen molar-refractivity contribution in [3.8, 4) is 0 Å². The Morgan fingerprint density at radius 2 is 1.56 bits per heavy atom. The maximum absolute atomic E-state index is 14.3. The molecule has 1 saturated heterocycles. The zero-order valence-electron chi connectivity index (χ0n) is 18.5. The standard InChI is InChI=1S/C27H24ClFN2O3/c28-22-2-1-3-23(29)20(22)11-21-24(32)30-26(34)31(25(21)33)19-6-4-18(5-7-19)27-12-15-8-16(13-27)10-17(9-15)14-27/h1-7,11,15-17H,8-10,12-14H2,(H,30,32,34)/b21-11+. The maximum atomic E-state index is 14.3. The predicted molar refractivity (Wildman–Crippen MR) is 127 cm³/mol. The predicted octanol–water partition coefficient (Wildman–Crippen LogP) is 5.61. The Bertz CT molecular complexity index is 1200. The normalized spacial score (nSPS) is 31.4. The summed E-state index contributed by atoms with van der Waals surface area (Å²) in [5.74, 6) is 0.0771. The Balaban J connectivity index is 1.31. The molecule has 4 aliphatic carbocycles. The van der Waals surface area contributed by atoms with Crippen molar-refractivity contribution >= 4 is 41.2 Å². The lowest BCUT2D eigenvalue weighted by Gasteiger charge is -2.57. The minimum atomic E-state index is -0.879. The van der Waals surface area contributed by atoms with Gasteiger partial charge in [0, 0.05) is 5.56 Å². The van der Waals surface area contributed by atoms with Crippen molar-refractivity contribution in [1.82, 2.24) is 5.32 Å². The summed E-state index contributed by atoms with van der Waals surface area (Å²) in [6.07, 6.45) is 8.81. The third kappa shape index (κ3) is 3.38. The van der Waals surface area contributed by atoms with Gasteiger partial charge < -0.3 is 0 Å². The van der Waals surface area contributed by atoms with Gasteiger partial charge in [-0.05, 0) is 97.6 Å². The van der Waals surface area contributed by atoms with Gasteiger partial charge in [0.2, 0.25) is 0 Å². The zero-order chi connectivity index (χ0) is 23.6. The second-order valence-electron chi connectivity index (χ2n) is 10.3. The van der Waals surface area contributed by atoms with Gasteiger partial charge in [-0.25, -0.2) is 14.1 Å². The van der Waals surface area contributed by atoms with Gasteiger partial charge in [0.1, 0.15) is 11.4 Å². The van der Waals surface area contributed by atoms with Crippen LogP contribution in [0.15, 0.2) is 48.0 Å². The topological polar surface area (TPSA) is 66.5 Å². The van der Waals surface area contributed by atoms with E-state index in [-0.39, 0.29) is 21.6 Å². The van der Waals surface area contributed by atoms with Crippen LogP contribution in [0.2, 0.25) is 5.02 Å². The van der Waals surface area contributed by atoms with Crippen LogP contribution in [0, 0.1) is 23.6 Å². The molecular weight excluding hydrogens is 455 g/mol. The van der Waals surface area contributed by atoms with Gasteiger partial charge in [-0.3, -0.25) is 14.9 Å². The van der Waals surface area contributed by atoms with Crippen LogP contribution in [0.1, 0.15) is 49.7 Å². The van der Waals surface area contributed by atoms with Crippen LogP contribution < -0.4 is 10.2 Å². The van der Waals surface area contributed by atoms with Gasteiger partial charge in [0.05, 0.1) is 10.7 Å². The van der Waals surface area contributed by atoms with Crippen LogP contribution >= 0.6 is 11.6 Å². The van der Waals surface area contributed by atoms with Crippen LogP contribution in [0.5, 0.6) is 0 Å². The van der Waals surface area contributed by atoms with Crippen molar-refractivity contribution in [3.05, 3.63) is 70.0 Å². The summed E-state index contributed by atoms with van der Waals surface area (Å²) in [5, 5.41) is 2.25. The monoisotopic (exact) mass is 478 g/mol. The highest BCUT2D eigenvalue weighted by Crippen LogP contribution is 2.60. The van der Waals surface area contributed by atoms with E-state index in [0.29, 0.717) is 5.69 Å². The Morgan fingerprint density at radius 3 is 2.15 bits per heavy atom. The molecule has 7 rings (SSSR count). The van der Waals surface area contributed by atoms with Gasteiger partial charge in [0.15, 0.2) is 0 Å². The molecule has 4 amide bonds. The molecule has 7 heteroatoms.